The van der Waals surface area contributed by atoms with Crippen LogP contribution >= 0.6 is 0 Å². The number of carboxylic acid groups (broad SMARTS) is 2. The topological polar surface area (TPSA) is 57.5 Å². The summed E-state index contributed by atoms with van der Waals surface area (Å²) < 4.78 is 3.92. The first-order chi connectivity index (χ1) is 7.51. The van der Waals surface area contributed by atoms with E-state index in [0.717, 1.165) is 14.5 Å². The Bertz CT molecular complexity index is 181. The Kier molecular flexibility index (Phi) is 9.50. The fourth-order valence-electron chi connectivity index (χ4n) is 4.00. The summed E-state index contributed by atoms with van der Waals surface area (Å²) in [5.74, 6) is 0. The standard InChI is InChI=1S/4C3H7.CH2O3.Zr/c4*1-3-2;2-1(3)4;/h4*3H,1-2H3;(H2,2,3,4);. The molecule has 0 rings (SSSR count). The van der Waals surface area contributed by atoms with E-state index in [1.807, 2.05) is 0 Å². The summed E-state index contributed by atoms with van der Waals surface area (Å²) in [6.45, 7) is 19.7. The van der Waals surface area contributed by atoms with Crippen LogP contribution in [0.5, 0.6) is 0 Å². The third-order valence-corrected chi connectivity index (χ3v) is 23.7. The van der Waals surface area contributed by atoms with Crippen molar-refractivity contribution in [2.75, 3.05) is 0 Å². The molecule has 2 N–H and O–H groups in total. The maximum absolute atomic E-state index is 8.56. The van der Waals surface area contributed by atoms with Gasteiger partial charge in [0.2, 0.25) is 0 Å². The molecule has 0 fully saturated rings. The van der Waals surface area contributed by atoms with Gasteiger partial charge in [-0.2, -0.15) is 0 Å². The Morgan fingerprint density at radius 1 is 0.706 bits per heavy atom. The van der Waals surface area contributed by atoms with Gasteiger partial charge in [0.15, 0.2) is 0 Å². The van der Waals surface area contributed by atoms with E-state index < -0.39 is 26.4 Å². The van der Waals surface area contributed by atoms with Gasteiger partial charge in [0.05, 0.1) is 0 Å². The molecule has 0 aliphatic rings. The Hall–Kier alpha value is 0.153. The second-order valence-electron chi connectivity index (χ2n) is 5.90. The van der Waals surface area contributed by atoms with Gasteiger partial charge in [-0.3, -0.25) is 0 Å². The van der Waals surface area contributed by atoms with E-state index in [4.69, 9.17) is 15.0 Å². The molecule has 0 atom stereocenters. The van der Waals surface area contributed by atoms with Crippen LogP contribution in [0.4, 0.5) is 4.79 Å². The smallest absolute Gasteiger partial charge is 0.450 e. The van der Waals surface area contributed by atoms with Crippen molar-refractivity contribution in [1.82, 2.24) is 0 Å². The Labute approximate surface area is 111 Å². The molecule has 0 aliphatic carbocycles. The minimum absolute atomic E-state index is 0.981. The third-order valence-electron chi connectivity index (χ3n) is 4.00. The SMILES string of the molecule is C[CH](C)[Zr]([CH](C)C)([CH](C)C)[CH](C)C.O=C(O)O. The minimum Gasteiger partial charge on any atom is -0.450 e. The fraction of sp³-hybridized carbons (Fsp3) is 0.923. The van der Waals surface area contributed by atoms with Crippen LogP contribution in [0, 0.1) is 0 Å². The van der Waals surface area contributed by atoms with Crippen molar-refractivity contribution < 1.29 is 35.3 Å². The third kappa shape index (κ3) is 5.55. The molecule has 0 aromatic carbocycles. The molecule has 0 aromatic heterocycles. The van der Waals surface area contributed by atoms with Crippen molar-refractivity contribution in [3.05, 3.63) is 0 Å². The first-order valence-electron chi connectivity index (χ1n) is 6.42. The van der Waals surface area contributed by atoms with E-state index >= 15 is 0 Å². The number of hydrogen-bond acceptors (Lipinski definition) is 1. The predicted octanol–water partition coefficient (Wildman–Crippen LogP) is 5.68. The van der Waals surface area contributed by atoms with Gasteiger partial charge in [0.1, 0.15) is 0 Å². The molecule has 0 saturated carbocycles. The van der Waals surface area contributed by atoms with Crippen molar-refractivity contribution in [1.29, 1.82) is 0 Å². The summed E-state index contributed by atoms with van der Waals surface area (Å²) in [4.78, 5) is 8.56. The summed E-state index contributed by atoms with van der Waals surface area (Å²) >= 11 is -1.93. The van der Waals surface area contributed by atoms with Gasteiger partial charge in [-0.05, 0) is 0 Å². The zero-order valence-electron chi connectivity index (χ0n) is 12.6. The molecular weight excluding hydrogens is 295 g/mol. The van der Waals surface area contributed by atoms with Gasteiger partial charge in [0.25, 0.3) is 0 Å². The Morgan fingerprint density at radius 2 is 0.824 bits per heavy atom. The molecule has 0 spiro atoms. The molecule has 4 heteroatoms. The van der Waals surface area contributed by atoms with Crippen LogP contribution in [0.1, 0.15) is 55.4 Å². The zero-order valence-corrected chi connectivity index (χ0v) is 15.1. The van der Waals surface area contributed by atoms with Gasteiger partial charge < -0.3 is 10.2 Å². The van der Waals surface area contributed by atoms with Gasteiger partial charge in [-0.25, -0.2) is 4.79 Å². The molecule has 0 radical (unpaired) electrons. The van der Waals surface area contributed by atoms with Gasteiger partial charge >= 0.3 is 96.3 Å². The van der Waals surface area contributed by atoms with E-state index in [2.05, 4.69) is 55.4 Å². The van der Waals surface area contributed by atoms with Gasteiger partial charge in [-0.15, -0.1) is 0 Å². The maximum Gasteiger partial charge on any atom is 0.503 e. The molecule has 0 bridgehead atoms. The van der Waals surface area contributed by atoms with Crippen molar-refractivity contribution in [2.45, 2.75) is 69.9 Å². The van der Waals surface area contributed by atoms with Crippen molar-refractivity contribution in [3.63, 3.8) is 0 Å². The van der Waals surface area contributed by atoms with E-state index in [1.165, 1.54) is 0 Å². The molecule has 0 unspecified atom stereocenters. The normalized spacial score (nSPS) is 12.0. The van der Waals surface area contributed by atoms with Crippen molar-refractivity contribution in [2.24, 2.45) is 0 Å². The largest absolute Gasteiger partial charge is 0.503 e. The van der Waals surface area contributed by atoms with Gasteiger partial charge in [-0.1, -0.05) is 0 Å². The summed E-state index contributed by atoms with van der Waals surface area (Å²) in [5.41, 5.74) is 0. The molecule has 17 heavy (non-hydrogen) atoms. The fourth-order valence-corrected chi connectivity index (χ4v) is 23.7. The van der Waals surface area contributed by atoms with Crippen LogP contribution in [-0.2, 0) is 20.3 Å². The number of hydrogen-bond donors (Lipinski definition) is 2. The van der Waals surface area contributed by atoms with Crippen LogP contribution in [0.15, 0.2) is 0 Å². The number of carbonyl (C=O) groups is 1. The quantitative estimate of drug-likeness (QED) is 0.699. The first kappa shape index (κ1) is 19.5. The van der Waals surface area contributed by atoms with E-state index in [9.17, 15) is 0 Å². The van der Waals surface area contributed by atoms with E-state index in [1.54, 1.807) is 0 Å². The summed E-state index contributed by atoms with van der Waals surface area (Å²) in [6.07, 6.45) is -1.83. The van der Waals surface area contributed by atoms with Crippen LogP contribution in [-0.4, -0.2) is 16.4 Å². The molecule has 3 nitrogen and oxygen atoms in total. The zero-order chi connectivity index (χ0) is 14.4. The van der Waals surface area contributed by atoms with Crippen LogP contribution < -0.4 is 0 Å². The molecule has 0 heterocycles. The average Bonchev–Trinajstić information content (AvgIpc) is 1.98. The van der Waals surface area contributed by atoms with Gasteiger partial charge in [0, 0.05) is 0 Å². The van der Waals surface area contributed by atoms with E-state index in [0.29, 0.717) is 0 Å². The monoisotopic (exact) mass is 324 g/mol. The number of rotatable bonds is 4. The summed E-state index contributed by atoms with van der Waals surface area (Å²) in [5, 5.41) is 13.9. The summed E-state index contributed by atoms with van der Waals surface area (Å²) in [6, 6.07) is 0. The van der Waals surface area contributed by atoms with Crippen LogP contribution in [0.3, 0.4) is 0 Å². The van der Waals surface area contributed by atoms with E-state index in [-0.39, 0.29) is 0 Å². The van der Waals surface area contributed by atoms with Crippen LogP contribution in [0.25, 0.3) is 0 Å². The molecular formula is C13H30O3Zr. The Balaban J connectivity index is 0. The van der Waals surface area contributed by atoms with Crippen molar-refractivity contribution in [3.8, 4) is 0 Å². The predicted molar refractivity (Wildman–Crippen MR) is 71.0 cm³/mol. The minimum atomic E-state index is -1.93. The van der Waals surface area contributed by atoms with Crippen molar-refractivity contribution >= 4 is 6.16 Å². The molecule has 0 aromatic rings. The second-order valence-corrected chi connectivity index (χ2v) is 22.2. The second kappa shape index (κ2) is 8.29. The first-order valence-corrected chi connectivity index (χ1v) is 12.1. The molecule has 0 aliphatic heterocycles. The Morgan fingerprint density at radius 3 is 0.824 bits per heavy atom. The van der Waals surface area contributed by atoms with Crippen LogP contribution in [0.2, 0.25) is 14.5 Å². The molecule has 0 amide bonds. The molecule has 104 valence electrons. The molecule has 0 saturated heterocycles. The maximum atomic E-state index is 8.56. The summed E-state index contributed by atoms with van der Waals surface area (Å²) in [7, 11) is 0. The average molecular weight is 326 g/mol.